The average Bonchev–Trinajstić information content (AvgIpc) is 3.14. The van der Waals surface area contributed by atoms with Crippen LogP contribution in [0.25, 0.3) is 0 Å². The third kappa shape index (κ3) is 6.69. The van der Waals surface area contributed by atoms with E-state index in [1.54, 1.807) is 6.26 Å². The average molecular weight is 384 g/mol. The molecule has 0 atom stereocenters. The van der Waals surface area contributed by atoms with Gasteiger partial charge in [0.1, 0.15) is 5.76 Å². The highest BCUT2D eigenvalue weighted by Crippen LogP contribution is 2.11. The molecule has 0 bridgehead atoms. The number of rotatable bonds is 7. The maximum atomic E-state index is 5.36. The van der Waals surface area contributed by atoms with Crippen LogP contribution in [0.4, 0.5) is 0 Å². The van der Waals surface area contributed by atoms with Crippen molar-refractivity contribution in [1.29, 1.82) is 0 Å². The normalized spacial score (nSPS) is 16.7. The molecule has 1 saturated heterocycles. The van der Waals surface area contributed by atoms with Crippen molar-refractivity contribution in [2.24, 2.45) is 4.99 Å². The van der Waals surface area contributed by atoms with E-state index in [1.165, 1.54) is 30.6 Å². The topological polar surface area (TPSA) is 56.0 Å². The van der Waals surface area contributed by atoms with Gasteiger partial charge in [0.05, 0.1) is 19.4 Å². The molecule has 1 aromatic heterocycles. The van der Waals surface area contributed by atoms with Crippen LogP contribution in [0.2, 0.25) is 0 Å². The summed E-state index contributed by atoms with van der Waals surface area (Å²) >= 11 is 0. The van der Waals surface area contributed by atoms with Gasteiger partial charge in [0.15, 0.2) is 5.96 Å². The number of hydrogen-bond acceptors (Lipinski definition) is 4. The number of nitrogens with one attached hydrogen (secondary N) is 2. The minimum Gasteiger partial charge on any atom is -0.467 e. The van der Waals surface area contributed by atoms with Gasteiger partial charge in [-0.3, -0.25) is 4.90 Å². The summed E-state index contributed by atoms with van der Waals surface area (Å²) in [6, 6.07) is 12.7. The van der Waals surface area contributed by atoms with Gasteiger partial charge in [-0.2, -0.15) is 0 Å². The molecule has 2 N–H and O–H groups in total. The molecule has 2 heterocycles. The molecule has 6 heteroatoms. The van der Waals surface area contributed by atoms with E-state index in [4.69, 9.17) is 4.42 Å². The Balaban J connectivity index is 1.50. The third-order valence-corrected chi connectivity index (χ3v) is 5.02. The minimum atomic E-state index is 0.628. The van der Waals surface area contributed by atoms with Crippen LogP contribution < -0.4 is 10.6 Å². The predicted octanol–water partition coefficient (Wildman–Crippen LogP) is 2.67. The Bertz CT molecular complexity index is 711. The van der Waals surface area contributed by atoms with Crippen molar-refractivity contribution in [1.82, 2.24) is 20.4 Å². The molecule has 28 heavy (non-hydrogen) atoms. The summed E-state index contributed by atoms with van der Waals surface area (Å²) in [6.07, 6.45) is 2.94. The molecular formula is C22H33N5O. The number of likely N-dealkylation sites (N-methyl/N-ethyl adjacent to an activating group) is 1. The van der Waals surface area contributed by atoms with Crippen molar-refractivity contribution in [2.75, 3.05) is 39.8 Å². The zero-order valence-electron chi connectivity index (χ0n) is 17.2. The highest BCUT2D eigenvalue weighted by molar-refractivity contribution is 5.79. The fourth-order valence-corrected chi connectivity index (χ4v) is 3.36. The zero-order valence-corrected chi connectivity index (χ0v) is 17.2. The summed E-state index contributed by atoms with van der Waals surface area (Å²) in [5.74, 6) is 1.70. The molecule has 0 amide bonds. The number of nitrogens with zero attached hydrogens (tertiary/aromatic N) is 3. The Labute approximate surface area is 168 Å². The van der Waals surface area contributed by atoms with E-state index < -0.39 is 0 Å². The summed E-state index contributed by atoms with van der Waals surface area (Å²) in [5, 5.41) is 6.58. The lowest BCUT2D eigenvalue weighted by atomic mass is 10.1. The van der Waals surface area contributed by atoms with Gasteiger partial charge in [0.2, 0.25) is 0 Å². The van der Waals surface area contributed by atoms with Crippen LogP contribution in [0.1, 0.15) is 30.2 Å². The van der Waals surface area contributed by atoms with Crippen LogP contribution in [-0.4, -0.2) is 55.5 Å². The molecule has 0 unspecified atom stereocenters. The highest BCUT2D eigenvalue weighted by Gasteiger charge is 2.12. The SMILES string of the molecule is CCNC(=NCc1ccc(CN2CCCN(C)CC2)cc1)NCc1ccco1. The van der Waals surface area contributed by atoms with Crippen molar-refractivity contribution in [3.63, 3.8) is 0 Å². The molecule has 2 aromatic rings. The molecule has 1 fully saturated rings. The second kappa shape index (κ2) is 10.9. The van der Waals surface area contributed by atoms with Crippen LogP contribution in [-0.2, 0) is 19.6 Å². The van der Waals surface area contributed by atoms with Crippen LogP contribution in [0, 0.1) is 0 Å². The summed E-state index contributed by atoms with van der Waals surface area (Å²) < 4.78 is 5.36. The van der Waals surface area contributed by atoms with E-state index in [-0.39, 0.29) is 0 Å². The summed E-state index contributed by atoms with van der Waals surface area (Å²) in [4.78, 5) is 9.66. The molecule has 0 spiro atoms. The predicted molar refractivity (Wildman–Crippen MR) is 114 cm³/mol. The van der Waals surface area contributed by atoms with Crippen molar-refractivity contribution in [3.8, 4) is 0 Å². The maximum absolute atomic E-state index is 5.36. The van der Waals surface area contributed by atoms with E-state index in [0.717, 1.165) is 37.9 Å². The smallest absolute Gasteiger partial charge is 0.191 e. The van der Waals surface area contributed by atoms with E-state index in [0.29, 0.717) is 13.1 Å². The first-order valence-electron chi connectivity index (χ1n) is 10.3. The first kappa shape index (κ1) is 20.4. The highest BCUT2D eigenvalue weighted by atomic mass is 16.3. The molecular weight excluding hydrogens is 350 g/mol. The standard InChI is InChI=1S/C22H33N5O/c1-3-23-22(25-17-21-6-4-15-28-21)24-16-19-7-9-20(10-8-19)18-27-12-5-11-26(2)13-14-27/h4,6-10,15H,3,5,11-14,16-18H2,1-2H3,(H2,23,24,25). The lowest BCUT2D eigenvalue weighted by Gasteiger charge is -2.20. The second-order valence-corrected chi connectivity index (χ2v) is 7.38. The van der Waals surface area contributed by atoms with Crippen molar-refractivity contribution in [2.45, 2.75) is 33.0 Å². The van der Waals surface area contributed by atoms with Gasteiger partial charge >= 0.3 is 0 Å². The number of hydrogen-bond donors (Lipinski definition) is 2. The van der Waals surface area contributed by atoms with Crippen molar-refractivity contribution in [3.05, 3.63) is 59.5 Å². The molecule has 0 radical (unpaired) electrons. The van der Waals surface area contributed by atoms with E-state index in [9.17, 15) is 0 Å². The molecule has 0 aliphatic carbocycles. The molecule has 152 valence electrons. The molecule has 6 nitrogen and oxygen atoms in total. The molecule has 3 rings (SSSR count). The van der Waals surface area contributed by atoms with Crippen molar-refractivity contribution >= 4 is 5.96 Å². The number of benzene rings is 1. The van der Waals surface area contributed by atoms with Crippen LogP contribution >= 0.6 is 0 Å². The Morgan fingerprint density at radius 1 is 1.04 bits per heavy atom. The monoisotopic (exact) mass is 383 g/mol. The summed E-state index contributed by atoms with van der Waals surface area (Å²) in [5.41, 5.74) is 2.59. The second-order valence-electron chi connectivity index (χ2n) is 7.38. The Morgan fingerprint density at radius 2 is 1.86 bits per heavy atom. The number of aliphatic imine (C=N–C) groups is 1. The molecule has 1 aliphatic rings. The Hall–Kier alpha value is -2.31. The molecule has 0 saturated carbocycles. The Kier molecular flexibility index (Phi) is 7.94. The van der Waals surface area contributed by atoms with Gasteiger partial charge in [-0.05, 0) is 56.7 Å². The van der Waals surface area contributed by atoms with Gasteiger partial charge in [0, 0.05) is 26.2 Å². The third-order valence-electron chi connectivity index (χ3n) is 5.02. The zero-order chi connectivity index (χ0) is 19.6. The van der Waals surface area contributed by atoms with Gasteiger partial charge in [0.25, 0.3) is 0 Å². The van der Waals surface area contributed by atoms with E-state index in [1.807, 2.05) is 12.1 Å². The van der Waals surface area contributed by atoms with Crippen LogP contribution in [0.3, 0.4) is 0 Å². The maximum Gasteiger partial charge on any atom is 0.191 e. The van der Waals surface area contributed by atoms with Crippen molar-refractivity contribution < 1.29 is 4.42 Å². The minimum absolute atomic E-state index is 0.628. The van der Waals surface area contributed by atoms with Gasteiger partial charge in [-0.15, -0.1) is 0 Å². The van der Waals surface area contributed by atoms with E-state index in [2.05, 4.69) is 63.7 Å². The quantitative estimate of drug-likeness (QED) is 0.569. The largest absolute Gasteiger partial charge is 0.467 e. The van der Waals surface area contributed by atoms with Gasteiger partial charge in [-0.1, -0.05) is 24.3 Å². The Morgan fingerprint density at radius 3 is 2.61 bits per heavy atom. The fourth-order valence-electron chi connectivity index (χ4n) is 3.36. The number of furan rings is 1. The lowest BCUT2D eigenvalue weighted by molar-refractivity contribution is 0.269. The van der Waals surface area contributed by atoms with Gasteiger partial charge in [-0.25, -0.2) is 4.99 Å². The van der Waals surface area contributed by atoms with Crippen LogP contribution in [0.15, 0.2) is 52.1 Å². The summed E-state index contributed by atoms with van der Waals surface area (Å²) in [7, 11) is 2.21. The first-order valence-corrected chi connectivity index (χ1v) is 10.3. The van der Waals surface area contributed by atoms with Gasteiger partial charge < -0.3 is 20.0 Å². The molecule has 1 aromatic carbocycles. The first-order chi connectivity index (χ1) is 13.7. The lowest BCUT2D eigenvalue weighted by Crippen LogP contribution is -2.36. The fraction of sp³-hybridized carbons (Fsp3) is 0.500. The van der Waals surface area contributed by atoms with E-state index >= 15 is 0 Å². The number of guanidine groups is 1. The molecule has 1 aliphatic heterocycles. The summed E-state index contributed by atoms with van der Waals surface area (Å²) in [6.45, 7) is 9.91. The van der Waals surface area contributed by atoms with Crippen LogP contribution in [0.5, 0.6) is 0 Å².